The molecule has 124 valence electrons. The summed E-state index contributed by atoms with van der Waals surface area (Å²) in [7, 11) is 0. The van der Waals surface area contributed by atoms with Gasteiger partial charge in [0.1, 0.15) is 0 Å². The molecule has 0 spiro atoms. The molecule has 1 fully saturated rings. The van der Waals surface area contributed by atoms with Crippen molar-refractivity contribution in [2.24, 2.45) is 5.92 Å². The van der Waals surface area contributed by atoms with Gasteiger partial charge in [0, 0.05) is 23.7 Å². The van der Waals surface area contributed by atoms with Crippen LogP contribution in [0.5, 0.6) is 0 Å². The first-order valence-corrected chi connectivity index (χ1v) is 9.35. The lowest BCUT2D eigenvalue weighted by Crippen LogP contribution is -2.35. The number of alkyl halides is 1. The van der Waals surface area contributed by atoms with Crippen molar-refractivity contribution in [3.05, 3.63) is 29.3 Å². The smallest absolute Gasteiger partial charge is 0.230 e. The molecule has 1 aliphatic carbocycles. The number of ketones is 1. The third-order valence-electron chi connectivity index (χ3n) is 5.00. The van der Waals surface area contributed by atoms with Gasteiger partial charge < -0.3 is 4.90 Å². The van der Waals surface area contributed by atoms with Crippen LogP contribution in [0.3, 0.4) is 0 Å². The topological polar surface area (TPSA) is 37.4 Å². The third kappa shape index (κ3) is 3.37. The molecule has 1 aliphatic heterocycles. The Hall–Kier alpha value is -1.16. The summed E-state index contributed by atoms with van der Waals surface area (Å²) in [4.78, 5) is 27.1. The third-order valence-corrected chi connectivity index (χ3v) is 5.36. The minimum absolute atomic E-state index is 0.0809. The second-order valence-electron chi connectivity index (χ2n) is 7.22. The second-order valence-corrected chi connectivity index (χ2v) is 9.20. The highest BCUT2D eigenvalue weighted by molar-refractivity contribution is 9.10. The Morgan fingerprint density at radius 1 is 1.17 bits per heavy atom. The first-order chi connectivity index (χ1) is 10.9. The van der Waals surface area contributed by atoms with Crippen LogP contribution in [0.4, 0.5) is 5.69 Å². The molecule has 0 radical (unpaired) electrons. The van der Waals surface area contributed by atoms with Crippen molar-refractivity contribution in [3.8, 4) is 0 Å². The molecule has 1 heterocycles. The lowest BCUT2D eigenvalue weighted by molar-refractivity contribution is -0.123. The van der Waals surface area contributed by atoms with E-state index in [1.54, 1.807) is 0 Å². The Kier molecular flexibility index (Phi) is 4.63. The molecule has 0 atom stereocenters. The van der Waals surface area contributed by atoms with Crippen LogP contribution in [0.15, 0.2) is 18.2 Å². The zero-order valence-corrected chi connectivity index (χ0v) is 15.5. The predicted octanol–water partition coefficient (Wildman–Crippen LogP) is 4.51. The van der Waals surface area contributed by atoms with Gasteiger partial charge in [-0.3, -0.25) is 9.59 Å². The molecule has 0 bridgehead atoms. The van der Waals surface area contributed by atoms with E-state index in [0.717, 1.165) is 42.6 Å². The van der Waals surface area contributed by atoms with Crippen LogP contribution in [0.1, 0.15) is 61.9 Å². The van der Waals surface area contributed by atoms with Gasteiger partial charge in [-0.2, -0.15) is 0 Å². The highest BCUT2D eigenvalue weighted by atomic mass is 79.9. The minimum Gasteiger partial charge on any atom is -0.312 e. The zero-order valence-electron chi connectivity index (χ0n) is 13.9. The summed E-state index contributed by atoms with van der Waals surface area (Å²) < 4.78 is -0.558. The van der Waals surface area contributed by atoms with Crippen molar-refractivity contribution in [3.63, 3.8) is 0 Å². The molecule has 1 saturated carbocycles. The van der Waals surface area contributed by atoms with Crippen molar-refractivity contribution in [2.45, 2.75) is 56.7 Å². The van der Waals surface area contributed by atoms with Crippen LogP contribution in [-0.4, -0.2) is 22.6 Å². The van der Waals surface area contributed by atoms with E-state index in [0.29, 0.717) is 0 Å². The number of rotatable bonds is 3. The van der Waals surface area contributed by atoms with E-state index in [9.17, 15) is 9.59 Å². The Balaban J connectivity index is 1.81. The number of fused-ring (bicyclic) bond motifs is 1. The molecule has 1 aromatic rings. The Bertz CT molecular complexity index is 627. The fourth-order valence-corrected chi connectivity index (χ4v) is 3.91. The molecule has 4 heteroatoms. The summed E-state index contributed by atoms with van der Waals surface area (Å²) in [5, 5.41) is 0. The molecule has 0 saturated heterocycles. The first kappa shape index (κ1) is 16.7. The molecule has 0 unspecified atom stereocenters. The normalized spacial score (nSPS) is 18.8. The lowest BCUT2D eigenvalue weighted by atomic mass is 9.88. The summed E-state index contributed by atoms with van der Waals surface area (Å²) in [5.41, 5.74) is 2.85. The zero-order chi connectivity index (χ0) is 16.6. The number of benzene rings is 1. The van der Waals surface area contributed by atoms with E-state index in [1.807, 2.05) is 36.9 Å². The number of Topliss-reactive ketones (excluding diaryl/α,β-unsaturated/α-hetero) is 1. The number of carbonyl (C=O) groups excluding carboxylic acids is 2. The average molecular weight is 378 g/mol. The summed E-state index contributed by atoms with van der Waals surface area (Å²) in [5.74, 6) is 0.554. The van der Waals surface area contributed by atoms with Crippen LogP contribution >= 0.6 is 15.9 Å². The number of hydrogen-bond donors (Lipinski definition) is 0. The average Bonchev–Trinajstić information content (AvgIpc) is 2.96. The van der Waals surface area contributed by atoms with Gasteiger partial charge >= 0.3 is 0 Å². The SMILES string of the molecule is CC(C)(Br)C(=O)c1ccc2c(c1)CCN2C(=O)C1CCCCC1. The number of carbonyl (C=O) groups is 2. The molecular formula is C19H24BrNO2. The van der Waals surface area contributed by atoms with E-state index < -0.39 is 4.32 Å². The maximum Gasteiger partial charge on any atom is 0.230 e. The molecular weight excluding hydrogens is 354 g/mol. The summed E-state index contributed by atoms with van der Waals surface area (Å²) in [6.07, 6.45) is 6.50. The minimum atomic E-state index is -0.558. The van der Waals surface area contributed by atoms with Crippen LogP contribution in [0.2, 0.25) is 0 Å². The van der Waals surface area contributed by atoms with E-state index in [-0.39, 0.29) is 17.6 Å². The number of amides is 1. The number of nitrogens with zero attached hydrogens (tertiary/aromatic N) is 1. The molecule has 0 aromatic heterocycles. The van der Waals surface area contributed by atoms with Gasteiger partial charge in [0.2, 0.25) is 5.91 Å². The van der Waals surface area contributed by atoms with Crippen molar-refractivity contribution in [1.82, 2.24) is 0 Å². The Morgan fingerprint density at radius 2 is 1.87 bits per heavy atom. The molecule has 0 N–H and O–H groups in total. The summed E-state index contributed by atoms with van der Waals surface area (Å²) in [6, 6.07) is 5.78. The number of anilines is 1. The van der Waals surface area contributed by atoms with Crippen LogP contribution in [0, 0.1) is 5.92 Å². The van der Waals surface area contributed by atoms with Gasteiger partial charge in [-0.05, 0) is 56.9 Å². The fraction of sp³-hybridized carbons (Fsp3) is 0.579. The second kappa shape index (κ2) is 6.39. The van der Waals surface area contributed by atoms with Gasteiger partial charge in [0.25, 0.3) is 0 Å². The van der Waals surface area contributed by atoms with Crippen molar-refractivity contribution < 1.29 is 9.59 Å². The highest BCUT2D eigenvalue weighted by Gasteiger charge is 2.32. The standard InChI is InChI=1S/C19H24BrNO2/c1-19(2,20)17(22)15-8-9-16-14(12-15)10-11-21(16)18(23)13-6-4-3-5-7-13/h8-9,12-13H,3-7,10-11H2,1-2H3. The monoisotopic (exact) mass is 377 g/mol. The Labute approximate surface area is 146 Å². The molecule has 23 heavy (non-hydrogen) atoms. The van der Waals surface area contributed by atoms with E-state index >= 15 is 0 Å². The number of hydrogen-bond acceptors (Lipinski definition) is 2. The van der Waals surface area contributed by atoms with Crippen LogP contribution in [-0.2, 0) is 11.2 Å². The molecule has 1 amide bonds. The van der Waals surface area contributed by atoms with E-state index in [2.05, 4.69) is 15.9 Å². The maximum absolute atomic E-state index is 12.8. The maximum atomic E-state index is 12.8. The summed E-state index contributed by atoms with van der Waals surface area (Å²) in [6.45, 7) is 4.48. The van der Waals surface area contributed by atoms with Crippen LogP contribution < -0.4 is 4.90 Å². The summed E-state index contributed by atoms with van der Waals surface area (Å²) >= 11 is 3.43. The Morgan fingerprint density at radius 3 is 2.52 bits per heavy atom. The van der Waals surface area contributed by atoms with Crippen LogP contribution in [0.25, 0.3) is 0 Å². The predicted molar refractivity (Wildman–Crippen MR) is 96.4 cm³/mol. The molecule has 3 rings (SSSR count). The van der Waals surface area contributed by atoms with Crippen molar-refractivity contribution >= 4 is 33.3 Å². The van der Waals surface area contributed by atoms with E-state index in [1.165, 1.54) is 19.3 Å². The van der Waals surface area contributed by atoms with Gasteiger partial charge in [0.05, 0.1) is 4.32 Å². The fourth-order valence-electron chi connectivity index (χ4n) is 3.69. The largest absolute Gasteiger partial charge is 0.312 e. The van der Waals surface area contributed by atoms with E-state index in [4.69, 9.17) is 0 Å². The van der Waals surface area contributed by atoms with Gasteiger partial charge in [0.15, 0.2) is 5.78 Å². The quantitative estimate of drug-likeness (QED) is 0.573. The first-order valence-electron chi connectivity index (χ1n) is 8.56. The van der Waals surface area contributed by atoms with Crippen molar-refractivity contribution in [2.75, 3.05) is 11.4 Å². The molecule has 2 aliphatic rings. The van der Waals surface area contributed by atoms with Gasteiger partial charge in [-0.15, -0.1) is 0 Å². The molecule has 3 nitrogen and oxygen atoms in total. The molecule has 1 aromatic carbocycles. The van der Waals surface area contributed by atoms with Crippen molar-refractivity contribution in [1.29, 1.82) is 0 Å². The lowest BCUT2D eigenvalue weighted by Gasteiger charge is -2.26. The van der Waals surface area contributed by atoms with Gasteiger partial charge in [-0.1, -0.05) is 35.2 Å². The van der Waals surface area contributed by atoms with Gasteiger partial charge in [-0.25, -0.2) is 0 Å². The number of halogens is 1. The highest BCUT2D eigenvalue weighted by Crippen LogP contribution is 2.34.